The highest BCUT2D eigenvalue weighted by molar-refractivity contribution is 5.62. The van der Waals surface area contributed by atoms with Crippen LogP contribution in [-0.4, -0.2) is 30.0 Å². The van der Waals surface area contributed by atoms with Gasteiger partial charge in [-0.15, -0.1) is 0 Å². The van der Waals surface area contributed by atoms with E-state index in [1.807, 2.05) is 0 Å². The zero-order valence-electron chi connectivity index (χ0n) is 11.0. The molecule has 0 aromatic heterocycles. The molecule has 1 N–H and O–H groups in total. The van der Waals surface area contributed by atoms with Crippen LogP contribution in [0.15, 0.2) is 12.1 Å². The lowest BCUT2D eigenvalue weighted by molar-refractivity contribution is -0.386. The summed E-state index contributed by atoms with van der Waals surface area (Å²) in [5.41, 5.74) is -1.01. The third-order valence-corrected chi connectivity index (χ3v) is 2.80. The van der Waals surface area contributed by atoms with Crippen molar-refractivity contribution in [3.05, 3.63) is 33.9 Å². The van der Waals surface area contributed by atoms with E-state index in [-0.39, 0.29) is 18.3 Å². The molecular weight excluding hydrogens is 274 g/mol. The Morgan fingerprint density at radius 2 is 2.20 bits per heavy atom. The summed E-state index contributed by atoms with van der Waals surface area (Å²) in [5, 5.41) is 13.4. The molecule has 1 saturated heterocycles. The first kappa shape index (κ1) is 14.6. The zero-order valence-corrected chi connectivity index (χ0v) is 11.0. The lowest BCUT2D eigenvalue weighted by Crippen LogP contribution is -2.26. The van der Waals surface area contributed by atoms with Crippen LogP contribution in [0.5, 0.6) is 0 Å². The van der Waals surface area contributed by atoms with Gasteiger partial charge in [0.2, 0.25) is 5.82 Å². The maximum atomic E-state index is 13.4. The molecule has 0 saturated carbocycles. The van der Waals surface area contributed by atoms with Gasteiger partial charge in [0, 0.05) is 18.7 Å². The first-order valence-corrected chi connectivity index (χ1v) is 5.97. The second kappa shape index (κ2) is 5.29. The molecule has 1 aliphatic heterocycles. The normalized spacial score (nSPS) is 20.9. The van der Waals surface area contributed by atoms with Gasteiger partial charge in [-0.3, -0.25) is 10.1 Å². The summed E-state index contributed by atoms with van der Waals surface area (Å²) in [6.45, 7) is 3.91. The Balaban J connectivity index is 2.11. The van der Waals surface area contributed by atoms with Gasteiger partial charge in [0.25, 0.3) is 0 Å². The van der Waals surface area contributed by atoms with Crippen molar-refractivity contribution in [3.63, 3.8) is 0 Å². The maximum absolute atomic E-state index is 13.4. The molecule has 0 radical (unpaired) electrons. The Bertz CT molecular complexity index is 536. The summed E-state index contributed by atoms with van der Waals surface area (Å²) in [6.07, 6.45) is -0.351. The predicted octanol–water partition coefficient (Wildman–Crippen LogP) is 2.44. The third-order valence-electron chi connectivity index (χ3n) is 2.80. The monoisotopic (exact) mass is 288 g/mol. The van der Waals surface area contributed by atoms with Crippen molar-refractivity contribution in [1.82, 2.24) is 0 Å². The minimum absolute atomic E-state index is 0.146. The number of anilines is 1. The molecule has 0 spiro atoms. The molecule has 1 fully saturated rings. The van der Waals surface area contributed by atoms with Crippen LogP contribution in [0.3, 0.4) is 0 Å². The highest BCUT2D eigenvalue weighted by atomic mass is 19.1. The Labute approximate surface area is 113 Å². The Kier molecular flexibility index (Phi) is 3.87. The molecule has 0 aliphatic carbocycles. The van der Waals surface area contributed by atoms with Gasteiger partial charge >= 0.3 is 5.69 Å². The Morgan fingerprint density at radius 1 is 1.50 bits per heavy atom. The van der Waals surface area contributed by atoms with E-state index in [1.165, 1.54) is 0 Å². The summed E-state index contributed by atoms with van der Waals surface area (Å²) in [7, 11) is 0. The summed E-state index contributed by atoms with van der Waals surface area (Å²) in [6, 6.07) is 1.35. The van der Waals surface area contributed by atoms with Crippen LogP contribution in [0.2, 0.25) is 0 Å². The van der Waals surface area contributed by atoms with Gasteiger partial charge < -0.3 is 14.8 Å². The number of nitro groups is 1. The van der Waals surface area contributed by atoms with E-state index in [4.69, 9.17) is 9.47 Å². The Morgan fingerprint density at radius 3 is 2.75 bits per heavy atom. The second-order valence-electron chi connectivity index (χ2n) is 4.87. The average molecular weight is 288 g/mol. The van der Waals surface area contributed by atoms with Crippen molar-refractivity contribution in [2.24, 2.45) is 0 Å². The first-order valence-electron chi connectivity index (χ1n) is 5.97. The Hall–Kier alpha value is -1.80. The molecule has 1 aromatic rings. The summed E-state index contributed by atoms with van der Waals surface area (Å²) < 4.78 is 37.4. The van der Waals surface area contributed by atoms with Crippen LogP contribution in [0, 0.1) is 21.7 Å². The molecule has 1 atom stereocenters. The van der Waals surface area contributed by atoms with E-state index >= 15 is 0 Å². The van der Waals surface area contributed by atoms with Crippen molar-refractivity contribution in [3.8, 4) is 0 Å². The van der Waals surface area contributed by atoms with E-state index in [9.17, 15) is 18.9 Å². The molecule has 8 heteroatoms. The lowest BCUT2D eigenvalue weighted by atomic mass is 10.2. The van der Waals surface area contributed by atoms with Crippen molar-refractivity contribution in [2.45, 2.75) is 25.7 Å². The van der Waals surface area contributed by atoms with Crippen LogP contribution < -0.4 is 5.32 Å². The highest BCUT2D eigenvalue weighted by Gasteiger charge is 2.33. The fourth-order valence-electron chi connectivity index (χ4n) is 1.97. The van der Waals surface area contributed by atoms with Crippen molar-refractivity contribution < 1.29 is 23.2 Å². The second-order valence-corrected chi connectivity index (χ2v) is 4.87. The zero-order chi connectivity index (χ0) is 14.9. The lowest BCUT2D eigenvalue weighted by Gasteiger charge is -2.17. The molecule has 1 heterocycles. The molecule has 110 valence electrons. The number of hydrogen-bond acceptors (Lipinski definition) is 5. The van der Waals surface area contributed by atoms with E-state index in [0.29, 0.717) is 12.7 Å². The molecule has 20 heavy (non-hydrogen) atoms. The maximum Gasteiger partial charge on any atom is 0.327 e. The number of rotatable bonds is 4. The average Bonchev–Trinajstić information content (AvgIpc) is 2.64. The number of hydrogen-bond donors (Lipinski definition) is 1. The molecule has 1 aromatic carbocycles. The van der Waals surface area contributed by atoms with Gasteiger partial charge in [-0.05, 0) is 13.8 Å². The molecule has 1 unspecified atom stereocenters. The van der Waals surface area contributed by atoms with Gasteiger partial charge in [-0.1, -0.05) is 0 Å². The van der Waals surface area contributed by atoms with Crippen LogP contribution in [-0.2, 0) is 9.47 Å². The predicted molar refractivity (Wildman–Crippen MR) is 66.4 cm³/mol. The van der Waals surface area contributed by atoms with Gasteiger partial charge in [-0.2, -0.15) is 4.39 Å². The van der Waals surface area contributed by atoms with E-state index in [0.717, 1.165) is 6.07 Å². The topological polar surface area (TPSA) is 73.6 Å². The number of ether oxygens (including phenoxy) is 2. The van der Waals surface area contributed by atoms with E-state index in [1.54, 1.807) is 13.8 Å². The standard InChI is InChI=1S/C12H14F2N2O4/c1-12(2)19-6-8(20-12)5-15-10-4-7(13)3-9(14)11(10)16(17)18/h3-4,8,15H,5-6H2,1-2H3. The van der Waals surface area contributed by atoms with Crippen molar-refractivity contribution >= 4 is 11.4 Å². The van der Waals surface area contributed by atoms with Crippen LogP contribution >= 0.6 is 0 Å². The largest absolute Gasteiger partial charge is 0.377 e. The van der Waals surface area contributed by atoms with E-state index < -0.39 is 28.0 Å². The number of nitro benzene ring substituents is 1. The van der Waals surface area contributed by atoms with Crippen molar-refractivity contribution in [2.75, 3.05) is 18.5 Å². The highest BCUT2D eigenvalue weighted by Crippen LogP contribution is 2.29. The van der Waals surface area contributed by atoms with Gasteiger partial charge in [0.1, 0.15) is 17.6 Å². The molecule has 6 nitrogen and oxygen atoms in total. The third kappa shape index (κ3) is 3.20. The van der Waals surface area contributed by atoms with Crippen LogP contribution in [0.1, 0.15) is 13.8 Å². The fourth-order valence-corrected chi connectivity index (χ4v) is 1.97. The summed E-state index contributed by atoms with van der Waals surface area (Å²) in [5.74, 6) is -2.84. The number of nitrogens with zero attached hydrogens (tertiary/aromatic N) is 1. The SMILES string of the molecule is CC1(C)OCC(CNc2cc(F)cc(F)c2[N+](=O)[O-])O1. The minimum atomic E-state index is -1.22. The first-order chi connectivity index (χ1) is 9.28. The molecule has 0 bridgehead atoms. The molecule has 0 amide bonds. The van der Waals surface area contributed by atoms with Crippen LogP contribution in [0.25, 0.3) is 0 Å². The number of benzene rings is 1. The minimum Gasteiger partial charge on any atom is -0.377 e. The smallest absolute Gasteiger partial charge is 0.327 e. The molecule has 2 rings (SSSR count). The molecular formula is C12H14F2N2O4. The number of halogens is 2. The van der Waals surface area contributed by atoms with Crippen LogP contribution in [0.4, 0.5) is 20.2 Å². The summed E-state index contributed by atoms with van der Waals surface area (Å²) in [4.78, 5) is 9.90. The fraction of sp³-hybridized carbons (Fsp3) is 0.500. The van der Waals surface area contributed by atoms with Crippen molar-refractivity contribution in [1.29, 1.82) is 0 Å². The van der Waals surface area contributed by atoms with Gasteiger partial charge in [0.05, 0.1) is 11.5 Å². The van der Waals surface area contributed by atoms with E-state index in [2.05, 4.69) is 5.32 Å². The van der Waals surface area contributed by atoms with Gasteiger partial charge in [-0.25, -0.2) is 4.39 Å². The molecule has 1 aliphatic rings. The summed E-state index contributed by atoms with van der Waals surface area (Å²) >= 11 is 0. The quantitative estimate of drug-likeness (QED) is 0.680. The van der Waals surface area contributed by atoms with Gasteiger partial charge in [0.15, 0.2) is 5.79 Å². The number of nitrogens with one attached hydrogen (secondary N) is 1.